The number of aliphatic carboxylic acids is 2. The number of nitrogens with zero attached hydrogens (tertiary/aromatic N) is 1. The summed E-state index contributed by atoms with van der Waals surface area (Å²) in [6, 6.07) is 2.11. The van der Waals surface area contributed by atoms with Gasteiger partial charge in [-0.05, 0) is 57.2 Å². The van der Waals surface area contributed by atoms with Gasteiger partial charge in [0.1, 0.15) is 17.8 Å². The van der Waals surface area contributed by atoms with E-state index in [0.717, 1.165) is 0 Å². The number of carbonyl (C=O) groups is 4. The summed E-state index contributed by atoms with van der Waals surface area (Å²) in [5.74, 6) is -3.17. The Morgan fingerprint density at radius 2 is 1.55 bits per heavy atom. The van der Waals surface area contributed by atoms with Crippen molar-refractivity contribution in [3.05, 3.63) is 29.3 Å². The normalized spacial score (nSPS) is 13.0. The number of hydrogen-bond donors (Lipinski definition) is 3. The number of hydrogen-bond acceptors (Lipinski definition) is 5. The van der Waals surface area contributed by atoms with Gasteiger partial charge < -0.3 is 25.2 Å². The Bertz CT molecular complexity index is 864. The highest BCUT2D eigenvalue weighted by atomic mass is 16.5. The molecule has 33 heavy (non-hydrogen) atoms. The molecule has 3 N–H and O–H groups in total. The summed E-state index contributed by atoms with van der Waals surface area (Å²) in [5, 5.41) is 21.4. The van der Waals surface area contributed by atoms with Gasteiger partial charge in [0, 0.05) is 12.1 Å². The van der Waals surface area contributed by atoms with E-state index >= 15 is 0 Å². The van der Waals surface area contributed by atoms with Gasteiger partial charge in [-0.25, -0.2) is 9.59 Å². The fourth-order valence-electron chi connectivity index (χ4n) is 3.23. The fraction of sp³-hybridized carbons (Fsp3) is 0.583. The van der Waals surface area contributed by atoms with E-state index in [1.54, 1.807) is 13.8 Å². The quantitative estimate of drug-likeness (QED) is 0.432. The predicted octanol–water partition coefficient (Wildman–Crippen LogP) is 3.27. The summed E-state index contributed by atoms with van der Waals surface area (Å²) in [6.45, 7) is 12.7. The van der Waals surface area contributed by atoms with Crippen LogP contribution in [0.3, 0.4) is 0 Å². The SMILES string of the molecule is CC(C)C[C@H](NC(=O)c1ccc(C(=O)N(CC(C)C)C(C)C(=O)O)cc1OC(C)C)C(=O)O. The first kappa shape index (κ1) is 27.9. The Balaban J connectivity index is 3.35. The summed E-state index contributed by atoms with van der Waals surface area (Å²) < 4.78 is 5.75. The van der Waals surface area contributed by atoms with E-state index in [9.17, 15) is 29.4 Å². The Kier molecular flexibility index (Phi) is 10.3. The number of carboxylic acid groups (broad SMARTS) is 2. The topological polar surface area (TPSA) is 133 Å². The molecule has 1 aromatic rings. The number of amides is 2. The molecule has 0 aliphatic carbocycles. The maximum absolute atomic E-state index is 13.2. The molecule has 0 radical (unpaired) electrons. The Hall–Kier alpha value is -3.10. The molecule has 9 heteroatoms. The van der Waals surface area contributed by atoms with Gasteiger partial charge in [0.2, 0.25) is 0 Å². The molecule has 2 atom stereocenters. The molecule has 1 unspecified atom stereocenters. The van der Waals surface area contributed by atoms with Gasteiger partial charge in [-0.2, -0.15) is 0 Å². The van der Waals surface area contributed by atoms with Crippen LogP contribution >= 0.6 is 0 Å². The molecule has 0 spiro atoms. The summed E-state index contributed by atoms with van der Waals surface area (Å²) in [7, 11) is 0. The molecular weight excluding hydrogens is 428 g/mol. The molecule has 0 aliphatic rings. The molecule has 1 aromatic carbocycles. The van der Waals surface area contributed by atoms with E-state index in [1.807, 2.05) is 27.7 Å². The van der Waals surface area contributed by atoms with Crippen molar-refractivity contribution in [2.45, 2.75) is 73.1 Å². The average molecular weight is 465 g/mol. The molecule has 9 nitrogen and oxygen atoms in total. The summed E-state index contributed by atoms with van der Waals surface area (Å²) in [4.78, 5) is 50.4. The minimum Gasteiger partial charge on any atom is -0.490 e. The van der Waals surface area contributed by atoms with Gasteiger partial charge in [-0.3, -0.25) is 9.59 Å². The summed E-state index contributed by atoms with van der Waals surface area (Å²) >= 11 is 0. The zero-order valence-corrected chi connectivity index (χ0v) is 20.4. The van der Waals surface area contributed by atoms with Crippen molar-refractivity contribution in [1.29, 1.82) is 0 Å². The van der Waals surface area contributed by atoms with Crippen molar-refractivity contribution in [2.24, 2.45) is 11.8 Å². The number of rotatable bonds is 12. The van der Waals surface area contributed by atoms with E-state index in [4.69, 9.17) is 4.74 Å². The zero-order chi connectivity index (χ0) is 25.5. The van der Waals surface area contributed by atoms with Gasteiger partial charge >= 0.3 is 11.9 Å². The van der Waals surface area contributed by atoms with Crippen molar-refractivity contribution in [3.8, 4) is 5.75 Å². The van der Waals surface area contributed by atoms with Crippen LogP contribution in [0.5, 0.6) is 5.75 Å². The van der Waals surface area contributed by atoms with E-state index in [0.29, 0.717) is 0 Å². The van der Waals surface area contributed by atoms with Crippen LogP contribution in [0.15, 0.2) is 18.2 Å². The van der Waals surface area contributed by atoms with Crippen LogP contribution in [0.4, 0.5) is 0 Å². The van der Waals surface area contributed by atoms with Crippen molar-refractivity contribution in [2.75, 3.05) is 6.54 Å². The van der Waals surface area contributed by atoms with Crippen LogP contribution in [-0.2, 0) is 9.59 Å². The van der Waals surface area contributed by atoms with Gasteiger partial charge in [0.05, 0.1) is 11.7 Å². The lowest BCUT2D eigenvalue weighted by molar-refractivity contribution is -0.142. The number of ether oxygens (including phenoxy) is 1. The van der Waals surface area contributed by atoms with Crippen LogP contribution in [0.1, 0.15) is 75.6 Å². The van der Waals surface area contributed by atoms with Crippen molar-refractivity contribution < 1.29 is 34.1 Å². The van der Waals surface area contributed by atoms with Crippen LogP contribution in [-0.4, -0.2) is 63.6 Å². The van der Waals surface area contributed by atoms with E-state index < -0.39 is 35.8 Å². The second kappa shape index (κ2) is 12.2. The minimum absolute atomic E-state index is 0.0427. The largest absolute Gasteiger partial charge is 0.490 e. The van der Waals surface area contributed by atoms with Gasteiger partial charge in [-0.1, -0.05) is 27.7 Å². The lowest BCUT2D eigenvalue weighted by atomic mass is 10.0. The van der Waals surface area contributed by atoms with Crippen molar-refractivity contribution >= 4 is 23.8 Å². The molecule has 2 amide bonds. The standard InChI is InChI=1S/C24H36N2O7/c1-13(2)10-19(24(31)32)25-21(27)18-9-8-17(11-20(18)33-15(5)6)22(28)26(12-14(3)4)16(7)23(29)30/h8-9,11,13-16,19H,10,12H2,1-7H3,(H,25,27)(H,29,30)(H,31,32)/t16?,19-/m0/s1. The number of benzene rings is 1. The number of carbonyl (C=O) groups excluding carboxylic acids is 2. The van der Waals surface area contributed by atoms with Crippen molar-refractivity contribution in [3.63, 3.8) is 0 Å². The third-order valence-corrected chi connectivity index (χ3v) is 4.79. The average Bonchev–Trinajstić information content (AvgIpc) is 2.69. The molecule has 0 heterocycles. The number of carboxylic acids is 2. The molecule has 0 saturated carbocycles. The molecular formula is C24H36N2O7. The second-order valence-corrected chi connectivity index (χ2v) is 9.24. The minimum atomic E-state index is -1.14. The highest BCUT2D eigenvalue weighted by Gasteiger charge is 2.29. The second-order valence-electron chi connectivity index (χ2n) is 9.24. The molecule has 0 fully saturated rings. The molecule has 1 rings (SSSR count). The molecule has 0 aliphatic heterocycles. The van der Waals surface area contributed by atoms with E-state index in [2.05, 4.69) is 5.32 Å². The monoisotopic (exact) mass is 464 g/mol. The van der Waals surface area contributed by atoms with E-state index in [-0.39, 0.29) is 47.8 Å². The van der Waals surface area contributed by atoms with Crippen LogP contribution in [0, 0.1) is 11.8 Å². The van der Waals surface area contributed by atoms with Gasteiger partial charge in [-0.15, -0.1) is 0 Å². The zero-order valence-electron chi connectivity index (χ0n) is 20.4. The summed E-state index contributed by atoms with van der Waals surface area (Å²) in [6.07, 6.45) is -0.0625. The maximum Gasteiger partial charge on any atom is 0.326 e. The highest BCUT2D eigenvalue weighted by molar-refractivity contribution is 6.02. The molecule has 184 valence electrons. The predicted molar refractivity (Wildman–Crippen MR) is 124 cm³/mol. The Labute approximate surface area is 195 Å². The van der Waals surface area contributed by atoms with E-state index in [1.165, 1.54) is 30.0 Å². The smallest absolute Gasteiger partial charge is 0.326 e. The summed E-state index contributed by atoms with van der Waals surface area (Å²) in [5.41, 5.74) is 0.268. The van der Waals surface area contributed by atoms with Gasteiger partial charge in [0.25, 0.3) is 11.8 Å². The maximum atomic E-state index is 13.2. The van der Waals surface area contributed by atoms with Crippen molar-refractivity contribution in [1.82, 2.24) is 10.2 Å². The van der Waals surface area contributed by atoms with Gasteiger partial charge in [0.15, 0.2) is 0 Å². The first-order valence-electron chi connectivity index (χ1n) is 11.1. The third-order valence-electron chi connectivity index (χ3n) is 4.79. The fourth-order valence-corrected chi connectivity index (χ4v) is 3.23. The van der Waals surface area contributed by atoms with Crippen LogP contribution in [0.25, 0.3) is 0 Å². The lowest BCUT2D eigenvalue weighted by Gasteiger charge is -2.28. The first-order valence-corrected chi connectivity index (χ1v) is 11.1. The highest BCUT2D eigenvalue weighted by Crippen LogP contribution is 2.24. The molecule has 0 aromatic heterocycles. The molecule has 0 bridgehead atoms. The third kappa shape index (κ3) is 8.40. The number of nitrogens with one attached hydrogen (secondary N) is 1. The Morgan fingerprint density at radius 1 is 0.939 bits per heavy atom. The van der Waals surface area contributed by atoms with Crippen LogP contribution in [0.2, 0.25) is 0 Å². The lowest BCUT2D eigenvalue weighted by Crippen LogP contribution is -2.45. The molecule has 0 saturated heterocycles. The first-order chi connectivity index (χ1) is 15.2. The Morgan fingerprint density at radius 3 is 2.00 bits per heavy atom. The van der Waals surface area contributed by atoms with Crippen LogP contribution < -0.4 is 10.1 Å².